The van der Waals surface area contributed by atoms with E-state index in [-0.39, 0.29) is 18.4 Å². The molecule has 4 N–H and O–H groups in total. The van der Waals surface area contributed by atoms with E-state index in [1.54, 1.807) is 36.7 Å². The molecule has 1 aromatic carbocycles. The first kappa shape index (κ1) is 25.5. The number of aliphatic imine (C=N–C) groups is 1. The van der Waals surface area contributed by atoms with Crippen molar-refractivity contribution in [3.63, 3.8) is 0 Å². The Hall–Kier alpha value is -4.15. The van der Waals surface area contributed by atoms with Crippen LogP contribution in [0, 0.1) is 0 Å². The van der Waals surface area contributed by atoms with E-state index >= 15 is 0 Å². The summed E-state index contributed by atoms with van der Waals surface area (Å²) in [7, 11) is 2.06. The summed E-state index contributed by atoms with van der Waals surface area (Å²) in [5, 5.41) is 7.16. The number of fused-ring (bicyclic) bond motifs is 1. The fraction of sp³-hybridized carbons (Fsp3) is 0.259. The van der Waals surface area contributed by atoms with Crippen LogP contribution in [0.2, 0.25) is 5.02 Å². The average Bonchev–Trinajstić information content (AvgIpc) is 3.35. The van der Waals surface area contributed by atoms with Crippen LogP contribution in [-0.2, 0) is 16.1 Å². The van der Waals surface area contributed by atoms with E-state index in [4.69, 9.17) is 21.8 Å². The molecule has 2 aliphatic heterocycles. The molecule has 0 spiro atoms. The highest BCUT2D eigenvalue weighted by atomic mass is 35.5. The van der Waals surface area contributed by atoms with Crippen LogP contribution in [-0.4, -0.2) is 72.2 Å². The van der Waals surface area contributed by atoms with Crippen molar-refractivity contribution in [3.05, 3.63) is 76.3 Å². The predicted octanol–water partition coefficient (Wildman–Crippen LogP) is 2.40. The Bertz CT molecular complexity index is 1450. The number of pyridine rings is 1. The van der Waals surface area contributed by atoms with E-state index in [0.29, 0.717) is 40.1 Å². The van der Waals surface area contributed by atoms with Gasteiger partial charge in [-0.1, -0.05) is 11.6 Å². The van der Waals surface area contributed by atoms with Crippen LogP contribution >= 0.6 is 11.6 Å². The number of piperazine rings is 1. The van der Waals surface area contributed by atoms with Crippen molar-refractivity contribution in [1.82, 2.24) is 25.4 Å². The molecule has 196 valence electrons. The number of carbonyl (C=O) groups is 2. The minimum absolute atomic E-state index is 0.0170. The molecule has 2 aromatic heterocycles. The van der Waals surface area contributed by atoms with Crippen molar-refractivity contribution in [2.45, 2.75) is 6.54 Å². The summed E-state index contributed by atoms with van der Waals surface area (Å²) < 4.78 is 5.87. The Morgan fingerprint density at radius 1 is 1.21 bits per heavy atom. The lowest BCUT2D eigenvalue weighted by Crippen LogP contribution is -2.48. The second kappa shape index (κ2) is 11.1. The van der Waals surface area contributed by atoms with Crippen molar-refractivity contribution in [1.29, 1.82) is 0 Å². The topological polar surface area (TPSA) is 129 Å². The summed E-state index contributed by atoms with van der Waals surface area (Å²) in [5.41, 5.74) is 8.28. The van der Waals surface area contributed by atoms with Crippen LogP contribution in [0.1, 0.15) is 16.9 Å². The minimum atomic E-state index is -0.274. The third-order valence-corrected chi connectivity index (χ3v) is 6.71. The molecule has 0 atom stereocenters. The molecule has 2 amide bonds. The van der Waals surface area contributed by atoms with Crippen molar-refractivity contribution in [2.75, 3.05) is 45.5 Å². The summed E-state index contributed by atoms with van der Waals surface area (Å²) in [5.74, 6) is 1.35. The van der Waals surface area contributed by atoms with E-state index < -0.39 is 0 Å². The van der Waals surface area contributed by atoms with E-state index in [1.165, 1.54) is 6.08 Å². The van der Waals surface area contributed by atoms with Gasteiger partial charge in [-0.05, 0) is 49.0 Å². The number of amidine groups is 1. The SMILES string of the molecule is CN1CCN(C(=O)C2=CNC(c3cc(Cl)c4oc(CNC(=O)C=Cc5ccc(N)nc5)cc4c3)=NC2)CC1. The molecule has 4 heterocycles. The Morgan fingerprint density at radius 3 is 2.74 bits per heavy atom. The molecule has 1 saturated heterocycles. The van der Waals surface area contributed by atoms with Gasteiger partial charge in [-0.3, -0.25) is 14.6 Å². The summed E-state index contributed by atoms with van der Waals surface area (Å²) in [6.07, 6.45) is 6.39. The van der Waals surface area contributed by atoms with Gasteiger partial charge in [-0.2, -0.15) is 0 Å². The van der Waals surface area contributed by atoms with Crippen LogP contribution in [0.15, 0.2) is 63.8 Å². The molecular formula is C27H28ClN7O3. The Kier molecular flexibility index (Phi) is 7.43. The average molecular weight is 534 g/mol. The van der Waals surface area contributed by atoms with Crippen LogP contribution in [0.5, 0.6) is 0 Å². The summed E-state index contributed by atoms with van der Waals surface area (Å²) in [4.78, 5) is 37.7. The Labute approximate surface area is 224 Å². The number of nitrogens with zero attached hydrogens (tertiary/aromatic N) is 4. The molecule has 38 heavy (non-hydrogen) atoms. The number of nitrogens with one attached hydrogen (secondary N) is 2. The number of carbonyl (C=O) groups excluding carboxylic acids is 2. The molecular weight excluding hydrogens is 506 g/mol. The zero-order valence-electron chi connectivity index (χ0n) is 20.9. The highest BCUT2D eigenvalue weighted by Crippen LogP contribution is 2.29. The van der Waals surface area contributed by atoms with Gasteiger partial charge < -0.3 is 30.6 Å². The monoisotopic (exact) mass is 533 g/mol. The third kappa shape index (κ3) is 5.87. The number of anilines is 1. The first-order valence-corrected chi connectivity index (χ1v) is 12.6. The number of nitrogens with two attached hydrogens (primary N) is 1. The van der Waals surface area contributed by atoms with Crippen LogP contribution < -0.4 is 16.4 Å². The van der Waals surface area contributed by atoms with Gasteiger partial charge in [0.15, 0.2) is 5.58 Å². The number of nitrogen functional groups attached to an aromatic ring is 1. The highest BCUT2D eigenvalue weighted by Gasteiger charge is 2.24. The number of hydrogen-bond donors (Lipinski definition) is 3. The normalized spacial score (nSPS) is 16.3. The predicted molar refractivity (Wildman–Crippen MR) is 147 cm³/mol. The minimum Gasteiger partial charge on any atom is -0.458 e. The summed E-state index contributed by atoms with van der Waals surface area (Å²) >= 11 is 6.51. The van der Waals surface area contributed by atoms with Gasteiger partial charge in [0.2, 0.25) is 5.91 Å². The van der Waals surface area contributed by atoms with Crippen molar-refractivity contribution < 1.29 is 14.0 Å². The highest BCUT2D eigenvalue weighted by molar-refractivity contribution is 6.35. The maximum atomic E-state index is 12.8. The van der Waals surface area contributed by atoms with Gasteiger partial charge >= 0.3 is 0 Å². The van der Waals surface area contributed by atoms with Gasteiger partial charge in [-0.25, -0.2) is 4.98 Å². The number of aromatic nitrogens is 1. The van der Waals surface area contributed by atoms with Gasteiger partial charge in [0.05, 0.1) is 23.7 Å². The van der Waals surface area contributed by atoms with Crippen molar-refractivity contribution in [3.8, 4) is 0 Å². The second-order valence-electron chi connectivity index (χ2n) is 9.23. The van der Waals surface area contributed by atoms with Crippen LogP contribution in [0.25, 0.3) is 17.0 Å². The number of rotatable bonds is 6. The second-order valence-corrected chi connectivity index (χ2v) is 9.64. The Morgan fingerprint density at radius 2 is 2.03 bits per heavy atom. The molecule has 0 radical (unpaired) electrons. The quantitative estimate of drug-likeness (QED) is 0.415. The molecule has 2 aliphatic rings. The molecule has 10 nitrogen and oxygen atoms in total. The third-order valence-electron chi connectivity index (χ3n) is 6.42. The first-order valence-electron chi connectivity index (χ1n) is 12.2. The molecule has 5 rings (SSSR count). The molecule has 0 bridgehead atoms. The maximum Gasteiger partial charge on any atom is 0.253 e. The van der Waals surface area contributed by atoms with Gasteiger partial charge in [0.25, 0.3) is 5.91 Å². The number of halogens is 1. The summed E-state index contributed by atoms with van der Waals surface area (Å²) in [6.45, 7) is 3.67. The smallest absolute Gasteiger partial charge is 0.253 e. The number of amides is 2. The standard InChI is InChI=1S/C27H28ClN7O3/c1-34-6-8-35(9-7-34)27(37)20-14-32-26(33-15-20)19-10-18-11-21(38-25(18)22(28)12-19)16-31-24(36)5-3-17-2-4-23(29)30-13-17/h2-5,10-14H,6-9,15-16H2,1H3,(H2,29,30)(H,31,36)(H,32,33). The number of hydrogen-bond acceptors (Lipinski definition) is 8. The van der Waals surface area contributed by atoms with Gasteiger partial charge in [0, 0.05) is 55.6 Å². The first-order chi connectivity index (χ1) is 18.4. The maximum absolute atomic E-state index is 12.8. The molecule has 11 heteroatoms. The number of likely N-dealkylation sites (N-methyl/N-ethyl adjacent to an activating group) is 1. The van der Waals surface area contributed by atoms with E-state index in [9.17, 15) is 9.59 Å². The van der Waals surface area contributed by atoms with Crippen LogP contribution in [0.4, 0.5) is 5.82 Å². The summed E-state index contributed by atoms with van der Waals surface area (Å²) in [6, 6.07) is 8.96. The van der Waals surface area contributed by atoms with E-state index in [1.807, 2.05) is 17.0 Å². The largest absolute Gasteiger partial charge is 0.458 e. The molecule has 0 aliphatic carbocycles. The molecule has 0 unspecified atom stereocenters. The molecule has 1 fully saturated rings. The van der Waals surface area contributed by atoms with E-state index in [0.717, 1.165) is 42.7 Å². The lowest BCUT2D eigenvalue weighted by Gasteiger charge is -2.33. The van der Waals surface area contributed by atoms with Crippen molar-refractivity contribution in [2.24, 2.45) is 4.99 Å². The van der Waals surface area contributed by atoms with E-state index in [2.05, 4.69) is 32.6 Å². The van der Waals surface area contributed by atoms with Crippen LogP contribution in [0.3, 0.4) is 0 Å². The Balaban J connectivity index is 1.21. The zero-order chi connectivity index (χ0) is 26.6. The van der Waals surface area contributed by atoms with Gasteiger partial charge in [0.1, 0.15) is 17.4 Å². The fourth-order valence-electron chi connectivity index (χ4n) is 4.24. The fourth-order valence-corrected chi connectivity index (χ4v) is 4.50. The lowest BCUT2D eigenvalue weighted by atomic mass is 10.1. The molecule has 0 saturated carbocycles. The lowest BCUT2D eigenvalue weighted by molar-refractivity contribution is -0.128. The zero-order valence-corrected chi connectivity index (χ0v) is 21.7. The van der Waals surface area contributed by atoms with Gasteiger partial charge in [-0.15, -0.1) is 0 Å². The molecule has 3 aromatic rings. The number of benzene rings is 1. The number of furan rings is 1. The van der Waals surface area contributed by atoms with Crippen molar-refractivity contribution >= 4 is 52.1 Å².